The zero-order chi connectivity index (χ0) is 11.5. The summed E-state index contributed by atoms with van der Waals surface area (Å²) in [5, 5.41) is 2.63. The minimum Gasteiger partial charge on any atom is -0.446 e. The highest BCUT2D eigenvalue weighted by atomic mass is 35.5. The SMILES string of the molecule is O=C(Nc1ccc(Cl)cc1F)OC1CCC1. The lowest BCUT2D eigenvalue weighted by molar-refractivity contribution is 0.0623. The van der Waals surface area contributed by atoms with Crippen molar-refractivity contribution in [1.82, 2.24) is 0 Å². The van der Waals surface area contributed by atoms with Crippen LogP contribution < -0.4 is 5.32 Å². The Labute approximate surface area is 97.5 Å². The van der Waals surface area contributed by atoms with Gasteiger partial charge >= 0.3 is 6.09 Å². The first-order valence-corrected chi connectivity index (χ1v) is 5.45. The van der Waals surface area contributed by atoms with Gasteiger partial charge in [-0.2, -0.15) is 0 Å². The molecule has 0 aromatic heterocycles. The Hall–Kier alpha value is -1.29. The second-order valence-corrected chi connectivity index (χ2v) is 4.14. The standard InChI is InChI=1S/C11H11ClFNO2/c12-7-4-5-10(9(13)6-7)14-11(15)16-8-2-1-3-8/h4-6,8H,1-3H2,(H,14,15). The first-order valence-electron chi connectivity index (χ1n) is 5.08. The number of hydrogen-bond donors (Lipinski definition) is 1. The van der Waals surface area contributed by atoms with Crippen LogP contribution in [0, 0.1) is 5.82 Å². The van der Waals surface area contributed by atoms with Gasteiger partial charge in [0.15, 0.2) is 0 Å². The van der Waals surface area contributed by atoms with Crippen LogP contribution in [-0.4, -0.2) is 12.2 Å². The summed E-state index contributed by atoms with van der Waals surface area (Å²) in [5.74, 6) is -0.571. The predicted octanol–water partition coefficient (Wildman–Crippen LogP) is 3.58. The molecule has 86 valence electrons. The molecule has 2 rings (SSSR count). The quantitative estimate of drug-likeness (QED) is 0.862. The van der Waals surface area contributed by atoms with Crippen LogP contribution in [0.2, 0.25) is 5.02 Å². The summed E-state index contributed by atoms with van der Waals surface area (Å²) < 4.78 is 18.3. The van der Waals surface area contributed by atoms with E-state index in [0.717, 1.165) is 25.3 Å². The van der Waals surface area contributed by atoms with Gasteiger partial charge in [-0.3, -0.25) is 5.32 Å². The molecule has 1 aromatic rings. The summed E-state index contributed by atoms with van der Waals surface area (Å²) in [4.78, 5) is 11.3. The molecule has 5 heteroatoms. The van der Waals surface area contributed by atoms with Crippen molar-refractivity contribution >= 4 is 23.4 Å². The van der Waals surface area contributed by atoms with Crippen molar-refractivity contribution in [1.29, 1.82) is 0 Å². The summed E-state index contributed by atoms with van der Waals surface area (Å²) in [6.07, 6.45) is 2.21. The molecule has 0 bridgehead atoms. The van der Waals surface area contributed by atoms with Gasteiger partial charge in [-0.05, 0) is 37.5 Å². The van der Waals surface area contributed by atoms with Gasteiger partial charge in [0.1, 0.15) is 11.9 Å². The number of nitrogens with one attached hydrogen (secondary N) is 1. The molecule has 1 fully saturated rings. The third-order valence-electron chi connectivity index (χ3n) is 2.49. The van der Waals surface area contributed by atoms with Gasteiger partial charge in [-0.15, -0.1) is 0 Å². The van der Waals surface area contributed by atoms with E-state index in [1.165, 1.54) is 12.1 Å². The Kier molecular flexibility index (Phi) is 3.29. The lowest BCUT2D eigenvalue weighted by Gasteiger charge is -2.25. The van der Waals surface area contributed by atoms with Crippen LogP contribution in [0.3, 0.4) is 0 Å². The number of benzene rings is 1. The molecule has 1 N–H and O–H groups in total. The predicted molar refractivity (Wildman–Crippen MR) is 59.2 cm³/mol. The van der Waals surface area contributed by atoms with Crippen molar-refractivity contribution < 1.29 is 13.9 Å². The third kappa shape index (κ3) is 2.64. The zero-order valence-corrected chi connectivity index (χ0v) is 9.26. The van der Waals surface area contributed by atoms with Crippen LogP contribution in [0.25, 0.3) is 0 Å². The largest absolute Gasteiger partial charge is 0.446 e. The third-order valence-corrected chi connectivity index (χ3v) is 2.73. The molecule has 16 heavy (non-hydrogen) atoms. The smallest absolute Gasteiger partial charge is 0.411 e. The maximum atomic E-state index is 13.3. The van der Waals surface area contributed by atoms with Crippen LogP contribution >= 0.6 is 11.6 Å². The van der Waals surface area contributed by atoms with Gasteiger partial charge in [0.05, 0.1) is 5.69 Å². The van der Waals surface area contributed by atoms with E-state index >= 15 is 0 Å². The molecule has 1 amide bonds. The normalized spacial score (nSPS) is 15.4. The number of anilines is 1. The Morgan fingerprint density at radius 3 is 2.81 bits per heavy atom. The number of carbonyl (C=O) groups is 1. The number of carbonyl (C=O) groups excluding carboxylic acids is 1. The average Bonchev–Trinajstić information content (AvgIpc) is 2.16. The van der Waals surface area contributed by atoms with E-state index in [4.69, 9.17) is 16.3 Å². The highest BCUT2D eigenvalue weighted by Gasteiger charge is 2.22. The van der Waals surface area contributed by atoms with Gasteiger partial charge in [0, 0.05) is 5.02 Å². The summed E-state index contributed by atoms with van der Waals surface area (Å²) in [6, 6.07) is 4.05. The zero-order valence-electron chi connectivity index (χ0n) is 8.50. The van der Waals surface area contributed by atoms with E-state index in [1.54, 1.807) is 0 Å². The number of ether oxygens (including phenoxy) is 1. The summed E-state index contributed by atoms with van der Waals surface area (Å²) >= 11 is 5.59. The molecule has 1 aliphatic carbocycles. The summed E-state index contributed by atoms with van der Waals surface area (Å²) in [5.41, 5.74) is 0.0775. The van der Waals surface area contributed by atoms with E-state index in [0.29, 0.717) is 0 Å². The molecule has 0 atom stereocenters. The fourth-order valence-electron chi connectivity index (χ4n) is 1.37. The van der Waals surface area contributed by atoms with Crippen molar-refractivity contribution in [3.05, 3.63) is 29.0 Å². The van der Waals surface area contributed by atoms with Crippen LogP contribution in [0.15, 0.2) is 18.2 Å². The molecule has 0 spiro atoms. The molecule has 1 saturated carbocycles. The van der Waals surface area contributed by atoms with Gasteiger partial charge in [0.2, 0.25) is 0 Å². The second-order valence-electron chi connectivity index (χ2n) is 3.71. The summed E-state index contributed by atoms with van der Waals surface area (Å²) in [7, 11) is 0. The van der Waals surface area contributed by atoms with Crippen LogP contribution in [-0.2, 0) is 4.74 Å². The maximum absolute atomic E-state index is 13.3. The molecule has 0 radical (unpaired) electrons. The topological polar surface area (TPSA) is 38.3 Å². The highest BCUT2D eigenvalue weighted by molar-refractivity contribution is 6.30. The Bertz CT molecular complexity index is 407. The minimum atomic E-state index is -0.620. The molecule has 0 unspecified atom stereocenters. The van der Waals surface area contributed by atoms with Crippen molar-refractivity contribution in [2.45, 2.75) is 25.4 Å². The Balaban J connectivity index is 1.94. The van der Waals surface area contributed by atoms with Crippen LogP contribution in [0.1, 0.15) is 19.3 Å². The fourth-order valence-corrected chi connectivity index (χ4v) is 1.53. The molecule has 0 aliphatic heterocycles. The molecular formula is C11H11ClFNO2. The van der Waals surface area contributed by atoms with Crippen LogP contribution in [0.4, 0.5) is 14.9 Å². The first kappa shape index (κ1) is 11.2. The lowest BCUT2D eigenvalue weighted by Crippen LogP contribution is -2.27. The van der Waals surface area contributed by atoms with Gasteiger partial charge in [-0.1, -0.05) is 11.6 Å². The molecule has 1 aliphatic rings. The number of amides is 1. The molecule has 3 nitrogen and oxygen atoms in total. The van der Waals surface area contributed by atoms with Gasteiger partial charge in [-0.25, -0.2) is 9.18 Å². The average molecular weight is 244 g/mol. The van der Waals surface area contributed by atoms with Crippen molar-refractivity contribution in [2.24, 2.45) is 0 Å². The molecular weight excluding hydrogens is 233 g/mol. The van der Waals surface area contributed by atoms with E-state index in [1.807, 2.05) is 0 Å². The number of rotatable bonds is 2. The lowest BCUT2D eigenvalue weighted by atomic mass is 9.96. The van der Waals surface area contributed by atoms with Crippen molar-refractivity contribution in [2.75, 3.05) is 5.32 Å². The Morgan fingerprint density at radius 2 is 2.25 bits per heavy atom. The maximum Gasteiger partial charge on any atom is 0.411 e. The molecule has 0 heterocycles. The molecule has 0 saturated heterocycles. The summed E-state index contributed by atoms with van der Waals surface area (Å²) in [6.45, 7) is 0. The number of halogens is 2. The first-order chi connectivity index (χ1) is 7.65. The van der Waals surface area contributed by atoms with Crippen molar-refractivity contribution in [3.63, 3.8) is 0 Å². The Morgan fingerprint density at radius 1 is 1.50 bits per heavy atom. The second kappa shape index (κ2) is 4.70. The van der Waals surface area contributed by atoms with Gasteiger partial charge < -0.3 is 4.74 Å². The van der Waals surface area contributed by atoms with E-state index in [9.17, 15) is 9.18 Å². The highest BCUT2D eigenvalue weighted by Crippen LogP contribution is 2.23. The van der Waals surface area contributed by atoms with E-state index < -0.39 is 11.9 Å². The minimum absolute atomic E-state index is 0.0182. The fraction of sp³-hybridized carbons (Fsp3) is 0.364. The molecule has 1 aromatic carbocycles. The van der Waals surface area contributed by atoms with Gasteiger partial charge in [0.25, 0.3) is 0 Å². The van der Waals surface area contributed by atoms with E-state index in [2.05, 4.69) is 5.32 Å². The number of hydrogen-bond acceptors (Lipinski definition) is 2. The van der Waals surface area contributed by atoms with Crippen LogP contribution in [0.5, 0.6) is 0 Å². The van der Waals surface area contributed by atoms with E-state index in [-0.39, 0.29) is 16.8 Å². The van der Waals surface area contributed by atoms with Crippen molar-refractivity contribution in [3.8, 4) is 0 Å². The monoisotopic (exact) mass is 243 g/mol.